The smallest absolute Gasteiger partial charge is 0.411 e. The molecule has 3 aromatic heterocycles. The van der Waals surface area contributed by atoms with Crippen molar-refractivity contribution in [2.24, 2.45) is 11.3 Å². The Kier molecular flexibility index (Phi) is 17.8. The lowest BCUT2D eigenvalue weighted by Crippen LogP contribution is -2.57. The molecule has 17 heteroatoms. The van der Waals surface area contributed by atoms with Gasteiger partial charge in [0.1, 0.15) is 18.2 Å². The molecule has 1 saturated heterocycles. The number of amides is 5. The minimum atomic E-state index is -0.860. The highest BCUT2D eigenvalue weighted by Crippen LogP contribution is 2.35. The third kappa shape index (κ3) is 14.4. The zero-order valence-corrected chi connectivity index (χ0v) is 42.9. The monoisotopic (exact) mass is 992 g/mol. The van der Waals surface area contributed by atoms with Crippen molar-refractivity contribution in [3.63, 3.8) is 0 Å². The lowest BCUT2D eigenvalue weighted by atomic mass is 9.85. The number of anilines is 2. The number of ether oxygens (including phenoxy) is 1. The predicted octanol–water partition coefficient (Wildman–Crippen LogP) is 10.1. The van der Waals surface area contributed by atoms with Crippen LogP contribution in [0.1, 0.15) is 128 Å². The molecule has 0 bridgehead atoms. The fourth-order valence-corrected chi connectivity index (χ4v) is 10.5. The fraction of sp³-hybridized carbons (Fsp3) is 0.509. The molecule has 4 atom stereocenters. The first-order valence-electron chi connectivity index (χ1n) is 24.7. The predicted molar refractivity (Wildman–Crippen MR) is 276 cm³/mol. The van der Waals surface area contributed by atoms with E-state index in [1.54, 1.807) is 17.5 Å². The molecule has 4 heterocycles. The number of β-amino-alcohol motifs (C(OH)–C–C–N with tert-alkyl or cyclic N) is 1. The van der Waals surface area contributed by atoms with Crippen molar-refractivity contribution in [1.29, 1.82) is 0 Å². The Balaban J connectivity index is 0.765. The molecule has 2 aliphatic rings. The molecule has 15 nitrogen and oxygen atoms in total. The average Bonchev–Trinajstić information content (AvgIpc) is 3.79. The summed E-state index contributed by atoms with van der Waals surface area (Å²) in [6.45, 7) is 11.7. The minimum Gasteiger partial charge on any atom is -0.446 e. The standard InChI is InChI=1S/C53H68N8O7S2/c1-32-42(58-52(67)68-34(3)36-21-22-36)25-39(29-54-32)38-23-24-41-44(26-38)70-51(57-41)60-46(64)16-14-12-10-8-7-9-11-13-15-45(63)59-48(53(4,5)6)50(66)61-30-40(62)27-43(61)49(65)55-28-35-17-19-37(20-18-35)47-33(2)56-31-69-47/h17-20,23-26,29,31,34,36,40,43,48,62H,7-16,21-22,27-28,30H2,1-6H3,(H,55,65)(H,58,67)(H,59,63)(H,57,60,64)/t34?,40-,43+,48-/m1/s1. The van der Waals surface area contributed by atoms with E-state index in [0.29, 0.717) is 41.7 Å². The van der Waals surface area contributed by atoms with Crippen LogP contribution in [0.3, 0.4) is 0 Å². The second-order valence-corrected chi connectivity index (χ2v) is 21.8. The third-order valence-electron chi connectivity index (χ3n) is 13.1. The average molecular weight is 993 g/mol. The van der Waals surface area contributed by atoms with Crippen molar-refractivity contribution in [1.82, 2.24) is 30.5 Å². The zero-order chi connectivity index (χ0) is 50.0. The summed E-state index contributed by atoms with van der Waals surface area (Å²) in [7, 11) is 0. The largest absolute Gasteiger partial charge is 0.446 e. The number of fused-ring (bicyclic) bond motifs is 1. The van der Waals surface area contributed by atoms with Gasteiger partial charge in [-0.1, -0.05) is 101 Å². The van der Waals surface area contributed by atoms with E-state index in [1.807, 2.05) is 95.6 Å². The summed E-state index contributed by atoms with van der Waals surface area (Å²) < 4.78 is 6.47. The number of hydrogen-bond donors (Lipinski definition) is 5. The molecule has 1 unspecified atom stereocenters. The van der Waals surface area contributed by atoms with Crippen molar-refractivity contribution in [2.75, 3.05) is 17.2 Å². The Morgan fingerprint density at radius 2 is 1.50 bits per heavy atom. The molecule has 1 aliphatic heterocycles. The van der Waals surface area contributed by atoms with Gasteiger partial charge in [0.2, 0.25) is 23.6 Å². The molecule has 1 aliphatic carbocycles. The molecule has 1 saturated carbocycles. The molecule has 5 aromatic rings. The van der Waals surface area contributed by atoms with E-state index in [9.17, 15) is 29.1 Å². The number of aliphatic hydroxyl groups is 1. The normalized spacial score (nSPS) is 16.7. The first-order valence-corrected chi connectivity index (χ1v) is 26.4. The van der Waals surface area contributed by atoms with Crippen LogP contribution < -0.4 is 21.3 Å². The highest BCUT2D eigenvalue weighted by molar-refractivity contribution is 7.22. The SMILES string of the molecule is Cc1ncc(-c2ccc3nc(NC(=O)CCCCCCCCCCC(=O)N[C@H](C(=O)N4C[C@H](O)C[C@H]4C(=O)NCc4ccc(-c5scnc5C)cc4)C(C)(C)C)sc3c2)cc1NC(=O)OC(C)C1CC1. The number of pyridine rings is 1. The van der Waals surface area contributed by atoms with Gasteiger partial charge in [-0.15, -0.1) is 11.3 Å². The number of aryl methyl sites for hydroxylation is 2. The molecule has 5 N–H and O–H groups in total. The number of likely N-dealkylation sites (tertiary alicyclic amines) is 1. The number of hydrogen-bond acceptors (Lipinski definition) is 12. The van der Waals surface area contributed by atoms with Crippen molar-refractivity contribution in [2.45, 2.75) is 156 Å². The lowest BCUT2D eigenvalue weighted by molar-refractivity contribution is -0.144. The molecule has 7 rings (SSSR count). The molecular weight excluding hydrogens is 925 g/mol. The summed E-state index contributed by atoms with van der Waals surface area (Å²) in [5, 5.41) is 22.9. The summed E-state index contributed by atoms with van der Waals surface area (Å²) in [5.41, 5.74) is 7.98. The number of nitrogens with zero attached hydrogens (tertiary/aromatic N) is 4. The van der Waals surface area contributed by atoms with Gasteiger partial charge in [0, 0.05) is 44.1 Å². The molecule has 374 valence electrons. The topological polar surface area (TPSA) is 205 Å². The number of nitrogens with one attached hydrogen (secondary N) is 4. The van der Waals surface area contributed by atoms with E-state index >= 15 is 0 Å². The fourth-order valence-electron chi connectivity index (χ4n) is 8.77. The summed E-state index contributed by atoms with van der Waals surface area (Å²) in [5.74, 6) is -0.527. The minimum absolute atomic E-state index is 0.0260. The van der Waals surface area contributed by atoms with Gasteiger partial charge in [0.05, 0.1) is 43.8 Å². The Bertz CT molecular complexity index is 2620. The lowest BCUT2D eigenvalue weighted by Gasteiger charge is -2.35. The Morgan fingerprint density at radius 3 is 2.16 bits per heavy atom. The van der Waals surface area contributed by atoms with Crippen LogP contribution in [0.2, 0.25) is 0 Å². The van der Waals surface area contributed by atoms with Gasteiger partial charge in [0.15, 0.2) is 5.13 Å². The van der Waals surface area contributed by atoms with Crippen LogP contribution in [0, 0.1) is 25.2 Å². The number of unbranched alkanes of at least 4 members (excludes halogenated alkanes) is 7. The van der Waals surface area contributed by atoms with Crippen LogP contribution in [0.5, 0.6) is 0 Å². The van der Waals surface area contributed by atoms with E-state index in [2.05, 4.69) is 36.2 Å². The summed E-state index contributed by atoms with van der Waals surface area (Å²) in [6.07, 6.45) is 10.8. The summed E-state index contributed by atoms with van der Waals surface area (Å²) in [6, 6.07) is 14.0. The Morgan fingerprint density at radius 1 is 0.829 bits per heavy atom. The van der Waals surface area contributed by atoms with Crippen LogP contribution >= 0.6 is 22.7 Å². The second kappa shape index (κ2) is 23.9. The number of carbonyl (C=O) groups is 5. The maximum absolute atomic E-state index is 14.0. The zero-order valence-electron chi connectivity index (χ0n) is 41.3. The summed E-state index contributed by atoms with van der Waals surface area (Å²) in [4.78, 5) is 82.0. The van der Waals surface area contributed by atoms with Crippen LogP contribution in [-0.4, -0.2) is 85.5 Å². The van der Waals surface area contributed by atoms with Crippen LogP contribution in [0.4, 0.5) is 15.6 Å². The molecule has 2 aromatic carbocycles. The highest BCUT2D eigenvalue weighted by atomic mass is 32.1. The van der Waals surface area contributed by atoms with Gasteiger partial charge in [0.25, 0.3) is 0 Å². The third-order valence-corrected chi connectivity index (χ3v) is 15.1. The van der Waals surface area contributed by atoms with E-state index in [0.717, 1.165) is 101 Å². The second-order valence-electron chi connectivity index (χ2n) is 20.0. The number of aliphatic hydroxyl groups excluding tert-OH is 1. The Labute approximate surface area is 419 Å². The molecule has 5 amide bonds. The van der Waals surface area contributed by atoms with E-state index < -0.39 is 29.7 Å². The van der Waals surface area contributed by atoms with E-state index in [4.69, 9.17) is 4.74 Å². The molecule has 70 heavy (non-hydrogen) atoms. The van der Waals surface area contributed by atoms with Crippen LogP contribution in [0.15, 0.2) is 60.2 Å². The number of carbonyl (C=O) groups excluding carboxylic acids is 5. The number of rotatable bonds is 22. The van der Waals surface area contributed by atoms with Gasteiger partial charge < -0.3 is 30.7 Å². The first-order chi connectivity index (χ1) is 33.5. The highest BCUT2D eigenvalue weighted by Gasteiger charge is 2.44. The van der Waals surface area contributed by atoms with E-state index in [-0.39, 0.29) is 49.2 Å². The van der Waals surface area contributed by atoms with Gasteiger partial charge in [-0.2, -0.15) is 0 Å². The Hall–Kier alpha value is -5.78. The molecule has 2 fully saturated rings. The van der Waals surface area contributed by atoms with Crippen molar-refractivity contribution >= 4 is 73.4 Å². The van der Waals surface area contributed by atoms with Crippen molar-refractivity contribution in [3.05, 3.63) is 77.2 Å². The van der Waals surface area contributed by atoms with Gasteiger partial charge >= 0.3 is 6.09 Å². The summed E-state index contributed by atoms with van der Waals surface area (Å²) >= 11 is 3.00. The van der Waals surface area contributed by atoms with Crippen molar-refractivity contribution in [3.8, 4) is 21.6 Å². The first kappa shape index (κ1) is 52.1. The number of benzene rings is 2. The molecule has 0 spiro atoms. The maximum Gasteiger partial charge on any atom is 0.411 e. The maximum atomic E-state index is 14.0. The van der Waals surface area contributed by atoms with Crippen LogP contribution in [0.25, 0.3) is 31.8 Å². The quantitative estimate of drug-likeness (QED) is 0.0415. The van der Waals surface area contributed by atoms with Crippen molar-refractivity contribution < 1.29 is 33.8 Å². The van der Waals surface area contributed by atoms with Crippen LogP contribution in [-0.2, 0) is 30.5 Å². The molecule has 0 radical (unpaired) electrons. The van der Waals surface area contributed by atoms with Gasteiger partial charge in [-0.05, 0) is 92.7 Å². The molecular formula is C53H68N8O7S2. The van der Waals surface area contributed by atoms with Gasteiger partial charge in [-0.25, -0.2) is 14.8 Å². The number of aromatic nitrogens is 3. The van der Waals surface area contributed by atoms with Gasteiger partial charge in [-0.3, -0.25) is 29.5 Å². The van der Waals surface area contributed by atoms with E-state index in [1.165, 1.54) is 16.2 Å². The number of thiazole rings is 2.